The maximum atomic E-state index is 5.07. The minimum Gasteiger partial charge on any atom is -0.141 e. The van der Waals surface area contributed by atoms with E-state index in [4.69, 9.17) is 12.2 Å². The van der Waals surface area contributed by atoms with Gasteiger partial charge in [-0.25, -0.2) is 0 Å². The Morgan fingerprint density at radius 3 is 2.50 bits per heavy atom. The van der Waals surface area contributed by atoms with Crippen LogP contribution in [0.2, 0.25) is 0 Å². The van der Waals surface area contributed by atoms with Crippen LogP contribution in [0, 0.1) is 10.7 Å². The van der Waals surface area contributed by atoms with Gasteiger partial charge in [0, 0.05) is 14.6 Å². The van der Waals surface area contributed by atoms with E-state index in [1.165, 1.54) is 14.6 Å². The number of thiophene rings is 1. The predicted octanol–water partition coefficient (Wildman–Crippen LogP) is 5.08. The summed E-state index contributed by atoms with van der Waals surface area (Å²) in [5.74, 6) is 0. The van der Waals surface area contributed by atoms with Crippen molar-refractivity contribution >= 4 is 56.4 Å². The van der Waals surface area contributed by atoms with E-state index < -0.39 is 0 Å². The molecule has 72 valence electrons. The molecule has 0 saturated heterocycles. The molecular formula is C10H8S4. The molecule has 0 aliphatic heterocycles. The van der Waals surface area contributed by atoms with E-state index in [2.05, 4.69) is 31.2 Å². The molecule has 0 aromatic carbocycles. The molecule has 0 bridgehead atoms. The molecule has 2 aromatic rings. The largest absolute Gasteiger partial charge is 0.141 e. The van der Waals surface area contributed by atoms with E-state index in [1.54, 1.807) is 20.7 Å². The second-order valence-electron chi connectivity index (χ2n) is 2.81. The number of rotatable bonds is 2. The minimum absolute atomic E-state index is 0.969. The Kier molecular flexibility index (Phi) is 3.28. The second-order valence-corrected chi connectivity index (χ2v) is 7.08. The van der Waals surface area contributed by atoms with Gasteiger partial charge in [-0.2, -0.15) is 0 Å². The van der Waals surface area contributed by atoms with Gasteiger partial charge in [0.05, 0.1) is 0 Å². The molecule has 0 spiro atoms. The molecule has 0 radical (unpaired) electrons. The third-order valence-electron chi connectivity index (χ3n) is 1.65. The minimum atomic E-state index is 0.969. The molecule has 0 N–H and O–H groups in total. The summed E-state index contributed by atoms with van der Waals surface area (Å²) in [7, 11) is 3.38. The summed E-state index contributed by atoms with van der Waals surface area (Å²) in [6.45, 7) is 2.12. The molecule has 2 rings (SSSR count). The van der Waals surface area contributed by atoms with Crippen LogP contribution >= 0.6 is 44.2 Å². The molecule has 2 aromatic heterocycles. The van der Waals surface area contributed by atoms with Crippen LogP contribution in [-0.4, -0.2) is 0 Å². The third-order valence-corrected chi connectivity index (χ3v) is 5.48. The normalized spacial score (nSPS) is 11.2. The van der Waals surface area contributed by atoms with Gasteiger partial charge in [0.25, 0.3) is 0 Å². The van der Waals surface area contributed by atoms with Gasteiger partial charge < -0.3 is 0 Å². The Morgan fingerprint density at radius 1 is 1.14 bits per heavy atom. The van der Waals surface area contributed by atoms with Crippen molar-refractivity contribution in [1.29, 1.82) is 0 Å². The van der Waals surface area contributed by atoms with Crippen molar-refractivity contribution in [2.75, 3.05) is 0 Å². The number of aryl methyl sites for hydroxylation is 1. The number of hydrogen-bond donors (Lipinski definition) is 0. The highest BCUT2D eigenvalue weighted by molar-refractivity contribution is 7.79. The van der Waals surface area contributed by atoms with Crippen molar-refractivity contribution in [3.8, 4) is 0 Å². The average Bonchev–Trinajstić information content (AvgIpc) is 2.72. The summed E-state index contributed by atoms with van der Waals surface area (Å²) in [6, 6.07) is 6.32. The molecule has 4 heteroatoms. The van der Waals surface area contributed by atoms with Gasteiger partial charge in [-0.3, -0.25) is 0 Å². The van der Waals surface area contributed by atoms with Crippen LogP contribution < -0.4 is 0 Å². The summed E-state index contributed by atoms with van der Waals surface area (Å²) in [5, 5.41) is 0. The summed E-state index contributed by atoms with van der Waals surface area (Å²) in [4.78, 5) is 3.89. The fourth-order valence-corrected chi connectivity index (χ4v) is 4.03. The van der Waals surface area contributed by atoms with Gasteiger partial charge in [0.15, 0.2) is 0 Å². The third kappa shape index (κ3) is 2.60. The average molecular weight is 256 g/mol. The van der Waals surface area contributed by atoms with Crippen molar-refractivity contribution in [2.24, 2.45) is 0 Å². The van der Waals surface area contributed by atoms with Gasteiger partial charge in [-0.1, -0.05) is 32.9 Å². The fourth-order valence-electron chi connectivity index (χ4n) is 1.04. The first kappa shape index (κ1) is 10.2. The van der Waals surface area contributed by atoms with E-state index in [0.717, 1.165) is 3.82 Å². The zero-order chi connectivity index (χ0) is 9.97. The van der Waals surface area contributed by atoms with Crippen molar-refractivity contribution in [2.45, 2.75) is 6.92 Å². The lowest BCUT2D eigenvalue weighted by atomic mass is 10.3. The Hall–Kier alpha value is -0.290. The molecule has 0 atom stereocenters. The van der Waals surface area contributed by atoms with E-state index in [1.807, 2.05) is 17.4 Å². The molecular weight excluding hydrogens is 248 g/mol. The molecule has 0 fully saturated rings. The van der Waals surface area contributed by atoms with Gasteiger partial charge in [-0.05, 0) is 37.3 Å². The Bertz CT molecular complexity index is 498. The SMILES string of the molecule is Cc1ccc(/C=C/c2cc(=S)ss2)s1. The first-order valence-electron chi connectivity index (χ1n) is 4.09. The molecule has 2 heterocycles. The predicted molar refractivity (Wildman–Crippen MR) is 71.0 cm³/mol. The summed E-state index contributed by atoms with van der Waals surface area (Å²) < 4.78 is 0.969. The van der Waals surface area contributed by atoms with E-state index >= 15 is 0 Å². The smallest absolute Gasteiger partial charge is 0.102 e. The van der Waals surface area contributed by atoms with E-state index in [-0.39, 0.29) is 0 Å². The maximum Gasteiger partial charge on any atom is 0.102 e. The van der Waals surface area contributed by atoms with Gasteiger partial charge >= 0.3 is 0 Å². The van der Waals surface area contributed by atoms with Crippen LogP contribution in [0.1, 0.15) is 14.6 Å². The zero-order valence-corrected chi connectivity index (χ0v) is 10.8. The lowest BCUT2D eigenvalue weighted by molar-refractivity contribution is 1.64. The fraction of sp³-hybridized carbons (Fsp3) is 0.100. The molecule has 14 heavy (non-hydrogen) atoms. The van der Waals surface area contributed by atoms with Gasteiger partial charge in [0.1, 0.15) is 3.82 Å². The van der Waals surface area contributed by atoms with E-state index in [9.17, 15) is 0 Å². The van der Waals surface area contributed by atoms with Crippen LogP contribution in [0.5, 0.6) is 0 Å². The lowest BCUT2D eigenvalue weighted by Crippen LogP contribution is -1.57. The van der Waals surface area contributed by atoms with Crippen molar-refractivity contribution in [3.05, 3.63) is 36.7 Å². The molecule has 0 nitrogen and oxygen atoms in total. The van der Waals surface area contributed by atoms with Gasteiger partial charge in [0.2, 0.25) is 0 Å². The molecule has 0 saturated carbocycles. The molecule has 0 unspecified atom stereocenters. The summed E-state index contributed by atoms with van der Waals surface area (Å²) in [6.07, 6.45) is 4.27. The molecule has 0 aliphatic carbocycles. The monoisotopic (exact) mass is 256 g/mol. The second kappa shape index (κ2) is 4.49. The molecule has 0 amide bonds. The van der Waals surface area contributed by atoms with Gasteiger partial charge in [-0.15, -0.1) is 11.3 Å². The highest BCUT2D eigenvalue weighted by atomic mass is 32.9. The first-order chi connectivity index (χ1) is 6.74. The van der Waals surface area contributed by atoms with Crippen molar-refractivity contribution in [3.63, 3.8) is 0 Å². The van der Waals surface area contributed by atoms with Crippen molar-refractivity contribution in [1.82, 2.24) is 0 Å². The Balaban J connectivity index is 2.18. The topological polar surface area (TPSA) is 0 Å². The maximum absolute atomic E-state index is 5.07. The van der Waals surface area contributed by atoms with E-state index in [0.29, 0.717) is 0 Å². The highest BCUT2D eigenvalue weighted by Gasteiger charge is 1.93. The van der Waals surface area contributed by atoms with Crippen LogP contribution in [0.4, 0.5) is 0 Å². The summed E-state index contributed by atoms with van der Waals surface area (Å²) >= 11 is 6.87. The quantitative estimate of drug-likeness (QED) is 0.533. The van der Waals surface area contributed by atoms with Crippen molar-refractivity contribution < 1.29 is 0 Å². The highest BCUT2D eigenvalue weighted by Crippen LogP contribution is 2.22. The first-order valence-corrected chi connectivity index (χ1v) is 7.46. The standard InChI is InChI=1S/C10H8S4/c1-7-2-3-8(12-7)4-5-9-6-10(11)14-13-9/h2-6H,1H3/b5-4+. The van der Waals surface area contributed by atoms with Crippen LogP contribution in [0.15, 0.2) is 18.2 Å². The van der Waals surface area contributed by atoms with Crippen LogP contribution in [0.3, 0.4) is 0 Å². The van der Waals surface area contributed by atoms with Crippen LogP contribution in [0.25, 0.3) is 12.2 Å². The summed E-state index contributed by atoms with van der Waals surface area (Å²) in [5.41, 5.74) is 0. The Labute approximate surface area is 99.6 Å². The van der Waals surface area contributed by atoms with Crippen LogP contribution in [-0.2, 0) is 0 Å². The number of hydrogen-bond acceptors (Lipinski definition) is 4. The molecule has 0 aliphatic rings. The lowest BCUT2D eigenvalue weighted by Gasteiger charge is -1.82. The Morgan fingerprint density at radius 2 is 1.93 bits per heavy atom. The zero-order valence-electron chi connectivity index (χ0n) is 7.52.